The number of hydrogen-bond donors (Lipinski definition) is 1. The Morgan fingerprint density at radius 3 is 2.81 bits per heavy atom. The highest BCUT2D eigenvalue weighted by Gasteiger charge is 2.37. The lowest BCUT2D eigenvalue weighted by Crippen LogP contribution is -2.29. The van der Waals surface area contributed by atoms with Crippen LogP contribution in [0.4, 0.5) is 5.69 Å². The van der Waals surface area contributed by atoms with Gasteiger partial charge in [-0.3, -0.25) is 14.5 Å². The first kappa shape index (κ1) is 13.9. The number of carboxylic acids is 1. The predicted molar refractivity (Wildman–Crippen MR) is 78.7 cm³/mol. The van der Waals surface area contributed by atoms with E-state index in [0.717, 1.165) is 11.3 Å². The topological polar surface area (TPSA) is 87.6 Å². The minimum absolute atomic E-state index is 0.0460. The van der Waals surface area contributed by atoms with Gasteiger partial charge in [0.2, 0.25) is 5.01 Å². The Morgan fingerprint density at radius 2 is 2.14 bits per heavy atom. The van der Waals surface area contributed by atoms with Crippen LogP contribution in [-0.4, -0.2) is 27.8 Å². The fourth-order valence-corrected chi connectivity index (χ4v) is 3.33. The van der Waals surface area contributed by atoms with Crippen LogP contribution in [-0.2, 0) is 11.3 Å². The van der Waals surface area contributed by atoms with Gasteiger partial charge in [-0.25, -0.2) is 9.78 Å². The number of rotatable bonds is 3. The van der Waals surface area contributed by atoms with Crippen LogP contribution >= 0.6 is 27.3 Å². The number of aromatic carboxylic acids is 1. The fourth-order valence-electron chi connectivity index (χ4n) is 2.10. The van der Waals surface area contributed by atoms with Crippen molar-refractivity contribution in [3.63, 3.8) is 0 Å². The van der Waals surface area contributed by atoms with Crippen molar-refractivity contribution in [3.8, 4) is 0 Å². The minimum atomic E-state index is -1.11. The van der Waals surface area contributed by atoms with E-state index in [1.165, 1.54) is 4.90 Å². The molecule has 0 saturated heterocycles. The maximum absolute atomic E-state index is 12.1. The van der Waals surface area contributed by atoms with E-state index in [9.17, 15) is 14.4 Å². The Bertz CT molecular complexity index is 786. The second-order valence-corrected chi connectivity index (χ2v) is 6.02. The first-order valence-electron chi connectivity index (χ1n) is 5.81. The summed E-state index contributed by atoms with van der Waals surface area (Å²) < 4.78 is 0.632. The van der Waals surface area contributed by atoms with Gasteiger partial charge in [-0.2, -0.15) is 0 Å². The molecule has 2 aromatic rings. The lowest BCUT2D eigenvalue weighted by Gasteiger charge is -2.16. The zero-order chi connectivity index (χ0) is 15.1. The van der Waals surface area contributed by atoms with Crippen LogP contribution in [0.1, 0.15) is 25.9 Å². The van der Waals surface area contributed by atoms with E-state index in [0.29, 0.717) is 21.4 Å². The molecular formula is C13H7BrN2O4S. The molecule has 8 heteroatoms. The largest absolute Gasteiger partial charge is 0.476 e. The van der Waals surface area contributed by atoms with Crippen LogP contribution in [0.3, 0.4) is 0 Å². The monoisotopic (exact) mass is 366 g/mol. The number of amides is 1. The maximum Gasteiger partial charge on any atom is 0.365 e. The number of carboxylic acid groups (broad SMARTS) is 1. The summed E-state index contributed by atoms with van der Waals surface area (Å²) in [5.74, 6) is -2.32. The van der Waals surface area contributed by atoms with Crippen molar-refractivity contribution in [1.82, 2.24) is 4.98 Å². The van der Waals surface area contributed by atoms with Gasteiger partial charge >= 0.3 is 5.97 Å². The molecule has 0 unspecified atom stereocenters. The zero-order valence-electron chi connectivity index (χ0n) is 10.4. The summed E-state index contributed by atoms with van der Waals surface area (Å²) >= 11 is 4.31. The van der Waals surface area contributed by atoms with Crippen LogP contribution in [0.5, 0.6) is 0 Å². The first-order valence-corrected chi connectivity index (χ1v) is 7.48. The number of benzene rings is 1. The number of aromatic nitrogens is 1. The molecule has 1 aliphatic heterocycles. The summed E-state index contributed by atoms with van der Waals surface area (Å²) in [7, 11) is 0. The number of halogens is 1. The lowest BCUT2D eigenvalue weighted by atomic mass is 10.1. The molecule has 0 saturated carbocycles. The molecule has 1 aromatic carbocycles. The molecule has 2 heterocycles. The van der Waals surface area contributed by atoms with Crippen LogP contribution in [0.15, 0.2) is 28.1 Å². The van der Waals surface area contributed by atoms with Crippen LogP contribution in [0.25, 0.3) is 0 Å². The normalized spacial score (nSPS) is 13.7. The third-order valence-corrected chi connectivity index (χ3v) is 4.51. The van der Waals surface area contributed by atoms with Crippen molar-refractivity contribution in [2.45, 2.75) is 6.54 Å². The SMILES string of the molecule is O=C(O)c1nc(CN2C(=O)C(=O)c3cccc(Br)c32)cs1. The second kappa shape index (κ2) is 5.05. The van der Waals surface area contributed by atoms with Crippen LogP contribution < -0.4 is 4.90 Å². The standard InChI is InChI=1S/C13H7BrN2O4S/c14-8-3-1-2-7-9(8)16(12(18)10(7)17)4-6-5-21-11(15-6)13(19)20/h1-3,5H,4H2,(H,19,20). The molecule has 0 spiro atoms. The molecule has 0 atom stereocenters. The highest BCUT2D eigenvalue weighted by atomic mass is 79.9. The summed E-state index contributed by atoms with van der Waals surface area (Å²) in [5.41, 5.74) is 1.27. The number of ketones is 1. The number of carbonyl (C=O) groups excluding carboxylic acids is 2. The van der Waals surface area contributed by atoms with E-state index in [1.54, 1.807) is 23.6 Å². The van der Waals surface area contributed by atoms with Crippen LogP contribution in [0, 0.1) is 0 Å². The van der Waals surface area contributed by atoms with E-state index in [4.69, 9.17) is 5.11 Å². The summed E-state index contributed by atoms with van der Waals surface area (Å²) in [5, 5.41) is 10.4. The van der Waals surface area contributed by atoms with Crippen LogP contribution in [0.2, 0.25) is 0 Å². The van der Waals surface area contributed by atoms with Crippen molar-refractivity contribution in [3.05, 3.63) is 44.3 Å². The van der Waals surface area contributed by atoms with Gasteiger partial charge in [0.1, 0.15) is 0 Å². The van der Waals surface area contributed by atoms with Crippen molar-refractivity contribution >= 4 is 50.6 Å². The molecule has 21 heavy (non-hydrogen) atoms. The zero-order valence-corrected chi connectivity index (χ0v) is 12.8. The molecule has 1 aliphatic rings. The number of hydrogen-bond acceptors (Lipinski definition) is 5. The Morgan fingerprint density at radius 1 is 1.38 bits per heavy atom. The van der Waals surface area contributed by atoms with Crippen molar-refractivity contribution in [1.29, 1.82) is 0 Å². The Hall–Kier alpha value is -2.06. The Labute approximate surface area is 131 Å². The molecule has 0 aliphatic carbocycles. The first-order chi connectivity index (χ1) is 9.99. The average Bonchev–Trinajstić information content (AvgIpc) is 3.00. The number of thiazole rings is 1. The van der Waals surface area contributed by atoms with E-state index in [-0.39, 0.29) is 11.6 Å². The summed E-state index contributed by atoms with van der Waals surface area (Å²) in [6.45, 7) is 0.0595. The van der Waals surface area contributed by atoms with Gasteiger partial charge in [0.25, 0.3) is 11.7 Å². The smallest absolute Gasteiger partial charge is 0.365 e. The average molecular weight is 367 g/mol. The number of anilines is 1. The fraction of sp³-hybridized carbons (Fsp3) is 0.0769. The number of para-hydroxylation sites is 1. The summed E-state index contributed by atoms with van der Waals surface area (Å²) in [6.07, 6.45) is 0. The van der Waals surface area contributed by atoms with E-state index >= 15 is 0 Å². The van der Waals surface area contributed by atoms with Crippen molar-refractivity contribution in [2.24, 2.45) is 0 Å². The maximum atomic E-state index is 12.1. The summed E-state index contributed by atoms with van der Waals surface area (Å²) in [6, 6.07) is 5.01. The van der Waals surface area contributed by atoms with Gasteiger partial charge in [-0.05, 0) is 28.1 Å². The van der Waals surface area contributed by atoms with E-state index < -0.39 is 17.7 Å². The van der Waals surface area contributed by atoms with Crippen molar-refractivity contribution < 1.29 is 19.5 Å². The summed E-state index contributed by atoms with van der Waals surface area (Å²) in [4.78, 5) is 40.1. The van der Waals surface area contributed by atoms with Gasteiger partial charge in [0.15, 0.2) is 0 Å². The predicted octanol–water partition coefficient (Wildman–Crippen LogP) is 2.33. The lowest BCUT2D eigenvalue weighted by molar-refractivity contribution is -0.114. The molecule has 1 N–H and O–H groups in total. The van der Waals surface area contributed by atoms with E-state index in [2.05, 4.69) is 20.9 Å². The van der Waals surface area contributed by atoms with Crippen molar-refractivity contribution in [2.75, 3.05) is 4.90 Å². The molecule has 3 rings (SSSR count). The number of carbonyl (C=O) groups is 3. The third-order valence-electron chi connectivity index (χ3n) is 3.00. The molecule has 0 bridgehead atoms. The number of Topliss-reactive ketones (excluding diaryl/α,β-unsaturated/α-hetero) is 1. The molecule has 1 amide bonds. The van der Waals surface area contributed by atoms with Gasteiger partial charge in [0.05, 0.1) is 23.5 Å². The number of nitrogens with zero attached hydrogens (tertiary/aromatic N) is 2. The van der Waals surface area contributed by atoms with Gasteiger partial charge in [-0.15, -0.1) is 11.3 Å². The minimum Gasteiger partial charge on any atom is -0.476 e. The molecule has 0 fully saturated rings. The molecule has 6 nitrogen and oxygen atoms in total. The Balaban J connectivity index is 1.98. The number of fused-ring (bicyclic) bond motifs is 1. The highest BCUT2D eigenvalue weighted by Crippen LogP contribution is 2.36. The highest BCUT2D eigenvalue weighted by molar-refractivity contribution is 9.10. The molecule has 0 radical (unpaired) electrons. The molecule has 1 aromatic heterocycles. The van der Waals surface area contributed by atoms with Gasteiger partial charge in [-0.1, -0.05) is 6.07 Å². The second-order valence-electron chi connectivity index (χ2n) is 4.31. The van der Waals surface area contributed by atoms with Gasteiger partial charge < -0.3 is 5.11 Å². The quantitative estimate of drug-likeness (QED) is 0.842. The third kappa shape index (κ3) is 2.26. The Kier molecular flexibility index (Phi) is 3.34. The van der Waals surface area contributed by atoms with E-state index in [1.807, 2.05) is 0 Å². The molecule has 106 valence electrons. The van der Waals surface area contributed by atoms with Gasteiger partial charge in [0, 0.05) is 9.85 Å². The molecular weight excluding hydrogens is 360 g/mol.